The predicted octanol–water partition coefficient (Wildman–Crippen LogP) is 2.67. The highest BCUT2D eigenvalue weighted by Gasteiger charge is 2.48. The average molecular weight is 440 g/mol. The number of likely N-dealkylation sites (tertiary alicyclic amines) is 1. The minimum atomic E-state index is -0.137. The number of piperazine rings is 1. The normalized spacial score (nSPS) is 23.4. The lowest BCUT2D eigenvalue weighted by Gasteiger charge is -2.35. The highest BCUT2D eigenvalue weighted by Crippen LogP contribution is 2.47. The van der Waals surface area contributed by atoms with Gasteiger partial charge < -0.3 is 4.90 Å². The zero-order chi connectivity index (χ0) is 21.4. The Balaban J connectivity index is 1.09. The summed E-state index contributed by atoms with van der Waals surface area (Å²) in [5, 5.41) is 0.415. The molecular weight excluding hydrogens is 414 g/mol. The molecule has 2 aliphatic heterocycles. The molecule has 1 aliphatic carbocycles. The number of halogens is 1. The number of aromatic nitrogens is 2. The van der Waals surface area contributed by atoms with Crippen LogP contribution in [0.4, 0.5) is 5.82 Å². The van der Waals surface area contributed by atoms with Crippen molar-refractivity contribution in [3.63, 3.8) is 0 Å². The van der Waals surface area contributed by atoms with E-state index in [-0.39, 0.29) is 23.7 Å². The topological polar surface area (TPSA) is 69.6 Å². The molecule has 0 saturated carbocycles. The minimum absolute atomic E-state index is 0.0116. The summed E-state index contributed by atoms with van der Waals surface area (Å²) < 4.78 is 0. The maximum atomic E-state index is 12.9. The van der Waals surface area contributed by atoms with Gasteiger partial charge in [-0.05, 0) is 36.9 Å². The molecule has 0 radical (unpaired) electrons. The smallest absolute Gasteiger partial charge is 0.236 e. The van der Waals surface area contributed by atoms with Crippen molar-refractivity contribution in [1.82, 2.24) is 19.8 Å². The molecule has 2 atom stereocenters. The Hall–Kier alpha value is -2.51. The summed E-state index contributed by atoms with van der Waals surface area (Å²) in [4.78, 5) is 40.4. The predicted molar refractivity (Wildman–Crippen MR) is 118 cm³/mol. The number of hydrogen-bond donors (Lipinski definition) is 0. The third-order valence-electron chi connectivity index (χ3n) is 6.74. The van der Waals surface area contributed by atoms with Gasteiger partial charge in [-0.15, -0.1) is 0 Å². The van der Waals surface area contributed by atoms with E-state index in [0.29, 0.717) is 18.1 Å². The van der Waals surface area contributed by atoms with Crippen LogP contribution in [0.2, 0.25) is 5.15 Å². The van der Waals surface area contributed by atoms with Gasteiger partial charge >= 0.3 is 0 Å². The highest BCUT2D eigenvalue weighted by molar-refractivity contribution is 6.29. The third-order valence-corrected chi connectivity index (χ3v) is 6.92. The second-order valence-electron chi connectivity index (χ2n) is 8.53. The molecule has 2 aromatic rings. The summed E-state index contributed by atoms with van der Waals surface area (Å²) in [6.45, 7) is 5.18. The van der Waals surface area contributed by atoms with Gasteiger partial charge in [0.05, 0.1) is 24.2 Å². The SMILES string of the molecule is O=C1C2CC(C(=O)N1CCCCN1CCN(c3cncc(Cl)n3)CC1)c1ccccc12. The van der Waals surface area contributed by atoms with Crippen LogP contribution in [0.3, 0.4) is 0 Å². The Morgan fingerprint density at radius 1 is 0.903 bits per heavy atom. The molecule has 5 rings (SSSR count). The van der Waals surface area contributed by atoms with Gasteiger partial charge in [0.2, 0.25) is 11.8 Å². The standard InChI is InChI=1S/C23H26ClN5O2/c24-20-14-25-15-21(26-20)28-11-9-27(10-12-28)7-3-4-8-29-22(30)18-13-19(23(29)31)17-6-2-1-5-16(17)18/h1-2,5-6,14-15,18-19H,3-4,7-13H2. The molecule has 3 aliphatic rings. The van der Waals surface area contributed by atoms with Gasteiger partial charge in [-0.2, -0.15) is 0 Å². The number of imide groups is 1. The van der Waals surface area contributed by atoms with Crippen molar-refractivity contribution in [2.75, 3.05) is 44.2 Å². The fraction of sp³-hybridized carbons (Fsp3) is 0.478. The van der Waals surface area contributed by atoms with E-state index in [1.807, 2.05) is 24.3 Å². The van der Waals surface area contributed by atoms with Gasteiger partial charge in [-0.1, -0.05) is 35.9 Å². The number of amides is 2. The van der Waals surface area contributed by atoms with E-state index >= 15 is 0 Å². The van der Waals surface area contributed by atoms with Crippen molar-refractivity contribution >= 4 is 29.2 Å². The summed E-state index contributed by atoms with van der Waals surface area (Å²) in [5.74, 6) is 0.526. The lowest BCUT2D eigenvalue weighted by atomic mass is 9.94. The van der Waals surface area contributed by atoms with Crippen LogP contribution in [0.5, 0.6) is 0 Å². The first kappa shape index (κ1) is 20.4. The number of anilines is 1. The molecule has 7 nitrogen and oxygen atoms in total. The second-order valence-corrected chi connectivity index (χ2v) is 8.92. The molecule has 2 fully saturated rings. The molecule has 0 spiro atoms. The number of unbranched alkanes of at least 4 members (excludes halogenated alkanes) is 1. The van der Waals surface area contributed by atoms with Gasteiger partial charge in [-0.25, -0.2) is 4.98 Å². The highest BCUT2D eigenvalue weighted by atomic mass is 35.5. The lowest BCUT2D eigenvalue weighted by Crippen LogP contribution is -2.47. The number of carbonyl (C=O) groups is 2. The van der Waals surface area contributed by atoms with Gasteiger partial charge in [0, 0.05) is 32.7 Å². The molecule has 162 valence electrons. The molecule has 2 unspecified atom stereocenters. The van der Waals surface area contributed by atoms with E-state index in [0.717, 1.165) is 62.5 Å². The number of nitrogens with zero attached hydrogens (tertiary/aromatic N) is 5. The molecule has 8 heteroatoms. The molecule has 31 heavy (non-hydrogen) atoms. The lowest BCUT2D eigenvalue weighted by molar-refractivity contribution is -0.149. The molecular formula is C23H26ClN5O2. The molecule has 0 N–H and O–H groups in total. The summed E-state index contributed by atoms with van der Waals surface area (Å²) >= 11 is 5.95. The number of rotatable bonds is 6. The van der Waals surface area contributed by atoms with Crippen molar-refractivity contribution in [3.8, 4) is 0 Å². The van der Waals surface area contributed by atoms with Crippen LogP contribution in [0.1, 0.15) is 42.2 Å². The Kier molecular flexibility index (Phi) is 5.63. The number of fused-ring (bicyclic) bond motifs is 5. The van der Waals surface area contributed by atoms with Gasteiger partial charge in [0.15, 0.2) is 0 Å². The van der Waals surface area contributed by atoms with Gasteiger partial charge in [-0.3, -0.25) is 24.4 Å². The van der Waals surface area contributed by atoms with Crippen LogP contribution in [0.15, 0.2) is 36.7 Å². The zero-order valence-electron chi connectivity index (χ0n) is 17.4. The summed E-state index contributed by atoms with van der Waals surface area (Å²) in [5.41, 5.74) is 2.10. The van der Waals surface area contributed by atoms with Crippen molar-refractivity contribution in [2.24, 2.45) is 0 Å². The van der Waals surface area contributed by atoms with E-state index in [4.69, 9.17) is 11.6 Å². The maximum Gasteiger partial charge on any atom is 0.236 e. The minimum Gasteiger partial charge on any atom is -0.353 e. The second kappa shape index (κ2) is 8.55. The van der Waals surface area contributed by atoms with E-state index in [9.17, 15) is 9.59 Å². The molecule has 1 aromatic heterocycles. The first-order valence-electron chi connectivity index (χ1n) is 11.0. The molecule has 2 bridgehead atoms. The average Bonchev–Trinajstić information content (AvgIpc) is 3.15. The fourth-order valence-corrected chi connectivity index (χ4v) is 5.24. The Morgan fingerprint density at radius 2 is 1.55 bits per heavy atom. The monoisotopic (exact) mass is 439 g/mol. The molecule has 3 heterocycles. The molecule has 1 aromatic carbocycles. The fourth-order valence-electron chi connectivity index (χ4n) is 5.10. The van der Waals surface area contributed by atoms with Crippen LogP contribution in [0.25, 0.3) is 0 Å². The van der Waals surface area contributed by atoms with Crippen LogP contribution in [0, 0.1) is 0 Å². The maximum absolute atomic E-state index is 12.9. The Morgan fingerprint density at radius 3 is 2.19 bits per heavy atom. The number of benzene rings is 1. The van der Waals surface area contributed by atoms with Crippen molar-refractivity contribution < 1.29 is 9.59 Å². The molecule has 2 amide bonds. The summed E-state index contributed by atoms with van der Waals surface area (Å²) in [6, 6.07) is 7.92. The largest absolute Gasteiger partial charge is 0.353 e. The van der Waals surface area contributed by atoms with Crippen LogP contribution in [-0.2, 0) is 9.59 Å². The Bertz CT molecular complexity index is 950. The number of carbonyl (C=O) groups excluding carboxylic acids is 2. The van der Waals surface area contributed by atoms with E-state index < -0.39 is 0 Å². The first-order valence-corrected chi connectivity index (χ1v) is 11.4. The van der Waals surface area contributed by atoms with Crippen molar-refractivity contribution in [3.05, 3.63) is 52.9 Å². The van der Waals surface area contributed by atoms with E-state index in [1.54, 1.807) is 12.4 Å². The van der Waals surface area contributed by atoms with E-state index in [2.05, 4.69) is 19.8 Å². The quantitative estimate of drug-likeness (QED) is 0.509. The van der Waals surface area contributed by atoms with Gasteiger partial charge in [0.25, 0.3) is 0 Å². The first-order chi connectivity index (χ1) is 15.1. The Labute approximate surface area is 187 Å². The van der Waals surface area contributed by atoms with Crippen molar-refractivity contribution in [1.29, 1.82) is 0 Å². The third kappa shape index (κ3) is 3.92. The molecule has 2 saturated heterocycles. The van der Waals surface area contributed by atoms with Gasteiger partial charge in [0.1, 0.15) is 11.0 Å². The number of piperidine rings is 1. The van der Waals surface area contributed by atoms with Crippen molar-refractivity contribution in [2.45, 2.75) is 31.1 Å². The van der Waals surface area contributed by atoms with Crippen LogP contribution < -0.4 is 4.90 Å². The summed E-state index contributed by atoms with van der Waals surface area (Å²) in [6.07, 6.45) is 5.75. The summed E-state index contributed by atoms with van der Waals surface area (Å²) in [7, 11) is 0. The number of hydrogen-bond acceptors (Lipinski definition) is 6. The van der Waals surface area contributed by atoms with E-state index in [1.165, 1.54) is 4.90 Å². The zero-order valence-corrected chi connectivity index (χ0v) is 18.2. The van der Waals surface area contributed by atoms with Crippen LogP contribution >= 0.6 is 11.6 Å². The van der Waals surface area contributed by atoms with Crippen LogP contribution in [-0.4, -0.2) is 70.9 Å².